The fourth-order valence-corrected chi connectivity index (χ4v) is 3.29. The lowest BCUT2D eigenvalue weighted by Crippen LogP contribution is -2.06. The number of aromatic nitrogens is 1. The van der Waals surface area contributed by atoms with Crippen molar-refractivity contribution >= 4 is 33.8 Å². The van der Waals surface area contributed by atoms with Crippen LogP contribution < -0.4 is 5.32 Å². The number of hydrogen-bond donors (Lipinski definition) is 2. The second-order valence-corrected chi connectivity index (χ2v) is 5.84. The Balaban J connectivity index is 1.83. The van der Waals surface area contributed by atoms with E-state index in [0.29, 0.717) is 0 Å². The van der Waals surface area contributed by atoms with Gasteiger partial charge in [-0.1, -0.05) is 22.9 Å². The third kappa shape index (κ3) is 2.36. The van der Waals surface area contributed by atoms with Crippen molar-refractivity contribution in [3.8, 4) is 0 Å². The second-order valence-electron chi connectivity index (χ2n) is 4.37. The normalized spacial score (nSPS) is 18.4. The highest BCUT2D eigenvalue weighted by molar-refractivity contribution is 7.15. The van der Waals surface area contributed by atoms with E-state index in [1.165, 1.54) is 11.3 Å². The number of fused-ring (bicyclic) bond motifs is 1. The van der Waals surface area contributed by atoms with Gasteiger partial charge in [0, 0.05) is 10.7 Å². The Labute approximate surface area is 114 Å². The molecular formula is C13H13ClN2OS. The van der Waals surface area contributed by atoms with Crippen molar-refractivity contribution in [3.05, 3.63) is 39.9 Å². The average molecular weight is 281 g/mol. The van der Waals surface area contributed by atoms with Gasteiger partial charge in [-0.3, -0.25) is 0 Å². The molecule has 0 saturated carbocycles. The molecule has 0 spiro atoms. The summed E-state index contributed by atoms with van der Waals surface area (Å²) in [7, 11) is 0. The smallest absolute Gasteiger partial charge is 0.187 e. The van der Waals surface area contributed by atoms with Crippen LogP contribution in [0.4, 0.5) is 10.8 Å². The summed E-state index contributed by atoms with van der Waals surface area (Å²) >= 11 is 7.38. The van der Waals surface area contributed by atoms with Crippen LogP contribution in [0, 0.1) is 0 Å². The van der Waals surface area contributed by atoms with Crippen LogP contribution >= 0.6 is 22.9 Å². The highest BCUT2D eigenvalue weighted by Gasteiger charge is 2.22. The van der Waals surface area contributed by atoms with Crippen LogP contribution in [-0.4, -0.2) is 10.1 Å². The molecular weight excluding hydrogens is 268 g/mol. The molecule has 5 heteroatoms. The molecule has 3 rings (SSSR count). The minimum Gasteiger partial charge on any atom is -0.388 e. The molecule has 94 valence electrons. The first-order valence-electron chi connectivity index (χ1n) is 5.92. The van der Waals surface area contributed by atoms with Gasteiger partial charge in [-0.25, -0.2) is 4.98 Å². The molecule has 1 atom stereocenters. The van der Waals surface area contributed by atoms with Crippen molar-refractivity contribution < 1.29 is 5.11 Å². The van der Waals surface area contributed by atoms with Gasteiger partial charge in [0.25, 0.3) is 0 Å². The van der Waals surface area contributed by atoms with Gasteiger partial charge in [-0.05, 0) is 43.5 Å². The number of benzene rings is 1. The molecule has 0 fully saturated rings. The van der Waals surface area contributed by atoms with Crippen LogP contribution in [0.1, 0.15) is 29.5 Å². The number of aliphatic hydroxyl groups excluding tert-OH is 1. The van der Waals surface area contributed by atoms with E-state index in [1.54, 1.807) is 0 Å². The van der Waals surface area contributed by atoms with E-state index in [9.17, 15) is 5.11 Å². The predicted octanol–water partition coefficient (Wildman–Crippen LogP) is 3.91. The van der Waals surface area contributed by atoms with Crippen LogP contribution in [0.25, 0.3) is 0 Å². The maximum atomic E-state index is 9.90. The fraction of sp³-hybridized carbons (Fsp3) is 0.308. The summed E-state index contributed by atoms with van der Waals surface area (Å²) in [6.07, 6.45) is 2.48. The lowest BCUT2D eigenvalue weighted by Gasteiger charge is -2.14. The van der Waals surface area contributed by atoms with Gasteiger partial charge in [-0.2, -0.15) is 0 Å². The summed E-state index contributed by atoms with van der Waals surface area (Å²) in [5.74, 6) is 0. The third-order valence-corrected chi connectivity index (χ3v) is 4.38. The number of thiazole rings is 1. The van der Waals surface area contributed by atoms with Crippen LogP contribution in [0.2, 0.25) is 5.02 Å². The Morgan fingerprint density at radius 2 is 2.11 bits per heavy atom. The molecule has 2 aromatic rings. The zero-order valence-electron chi connectivity index (χ0n) is 9.69. The highest BCUT2D eigenvalue weighted by atomic mass is 35.5. The summed E-state index contributed by atoms with van der Waals surface area (Å²) in [6, 6.07) is 7.51. The summed E-state index contributed by atoms with van der Waals surface area (Å²) in [4.78, 5) is 5.55. The van der Waals surface area contributed by atoms with E-state index in [4.69, 9.17) is 11.6 Å². The van der Waals surface area contributed by atoms with Gasteiger partial charge in [0.1, 0.15) is 0 Å². The molecule has 1 heterocycles. The predicted molar refractivity (Wildman–Crippen MR) is 74.7 cm³/mol. The van der Waals surface area contributed by atoms with Crippen LogP contribution in [-0.2, 0) is 6.42 Å². The number of hydrogen-bond acceptors (Lipinski definition) is 4. The minimum absolute atomic E-state index is 0.341. The van der Waals surface area contributed by atoms with Crippen molar-refractivity contribution in [3.63, 3.8) is 0 Å². The molecule has 0 saturated heterocycles. The Morgan fingerprint density at radius 1 is 1.33 bits per heavy atom. The molecule has 0 radical (unpaired) electrons. The molecule has 2 N–H and O–H groups in total. The summed E-state index contributed by atoms with van der Waals surface area (Å²) in [6.45, 7) is 0. The molecule has 18 heavy (non-hydrogen) atoms. The maximum absolute atomic E-state index is 9.90. The van der Waals surface area contributed by atoms with Crippen LogP contribution in [0.5, 0.6) is 0 Å². The van der Waals surface area contributed by atoms with E-state index in [-0.39, 0.29) is 6.10 Å². The van der Waals surface area contributed by atoms with E-state index < -0.39 is 0 Å². The van der Waals surface area contributed by atoms with Crippen molar-refractivity contribution in [2.45, 2.75) is 25.4 Å². The van der Waals surface area contributed by atoms with Gasteiger partial charge in [0.05, 0.1) is 16.7 Å². The standard InChI is InChI=1S/C13H13ClN2OS/c14-8-4-6-9(7-5-8)15-13-16-10-2-1-3-11(17)12(10)18-13/h4-7,11,17H,1-3H2,(H,15,16). The lowest BCUT2D eigenvalue weighted by molar-refractivity contribution is 0.160. The topological polar surface area (TPSA) is 45.2 Å². The average Bonchev–Trinajstić information content (AvgIpc) is 2.76. The maximum Gasteiger partial charge on any atom is 0.187 e. The molecule has 1 aliphatic carbocycles. The van der Waals surface area contributed by atoms with Crippen molar-refractivity contribution in [1.29, 1.82) is 0 Å². The number of anilines is 2. The van der Waals surface area contributed by atoms with E-state index >= 15 is 0 Å². The summed E-state index contributed by atoms with van der Waals surface area (Å²) in [5.41, 5.74) is 2.00. The molecule has 1 aromatic carbocycles. The number of aliphatic hydroxyl groups is 1. The van der Waals surface area contributed by atoms with Crippen molar-refractivity contribution in [1.82, 2.24) is 4.98 Å². The van der Waals surface area contributed by atoms with Crippen molar-refractivity contribution in [2.24, 2.45) is 0 Å². The zero-order chi connectivity index (χ0) is 12.5. The Bertz CT molecular complexity index is 553. The van der Waals surface area contributed by atoms with Crippen LogP contribution in [0.3, 0.4) is 0 Å². The number of nitrogens with one attached hydrogen (secondary N) is 1. The van der Waals surface area contributed by atoms with E-state index in [2.05, 4.69) is 10.3 Å². The van der Waals surface area contributed by atoms with Crippen molar-refractivity contribution in [2.75, 3.05) is 5.32 Å². The Hall–Kier alpha value is -1.10. The van der Waals surface area contributed by atoms with Gasteiger partial charge < -0.3 is 10.4 Å². The van der Waals surface area contributed by atoms with Gasteiger partial charge in [0.15, 0.2) is 5.13 Å². The fourth-order valence-electron chi connectivity index (χ4n) is 2.11. The first kappa shape index (κ1) is 12.0. The monoisotopic (exact) mass is 280 g/mol. The van der Waals surface area contributed by atoms with Crippen LogP contribution in [0.15, 0.2) is 24.3 Å². The minimum atomic E-state index is -0.341. The third-order valence-electron chi connectivity index (χ3n) is 3.02. The highest BCUT2D eigenvalue weighted by Crippen LogP contribution is 2.36. The molecule has 0 amide bonds. The molecule has 1 aromatic heterocycles. The zero-order valence-corrected chi connectivity index (χ0v) is 11.3. The SMILES string of the molecule is OC1CCCc2nc(Nc3ccc(Cl)cc3)sc21. The number of halogens is 1. The molecule has 0 bridgehead atoms. The van der Waals surface area contributed by atoms with Gasteiger partial charge in [-0.15, -0.1) is 0 Å². The first-order valence-corrected chi connectivity index (χ1v) is 7.12. The molecule has 0 aliphatic heterocycles. The lowest BCUT2D eigenvalue weighted by atomic mass is 10.0. The number of nitrogens with zero attached hydrogens (tertiary/aromatic N) is 1. The number of aryl methyl sites for hydroxylation is 1. The van der Waals surface area contributed by atoms with Gasteiger partial charge in [0.2, 0.25) is 0 Å². The first-order chi connectivity index (χ1) is 8.72. The van der Waals surface area contributed by atoms with E-state index in [1.807, 2.05) is 24.3 Å². The molecule has 3 nitrogen and oxygen atoms in total. The summed E-state index contributed by atoms with van der Waals surface area (Å²) in [5, 5.41) is 14.7. The molecule has 1 unspecified atom stereocenters. The summed E-state index contributed by atoms with van der Waals surface area (Å²) < 4.78 is 0. The number of rotatable bonds is 2. The van der Waals surface area contributed by atoms with E-state index in [0.717, 1.165) is 45.7 Å². The van der Waals surface area contributed by atoms with Gasteiger partial charge >= 0.3 is 0 Å². The quantitative estimate of drug-likeness (QED) is 0.877. The largest absolute Gasteiger partial charge is 0.388 e. The Morgan fingerprint density at radius 3 is 2.83 bits per heavy atom. The second kappa shape index (κ2) is 4.88. The Kier molecular flexibility index (Phi) is 3.24. The molecule has 1 aliphatic rings.